The SMILES string of the molecule is C[C@@H]1C2CC(C2)N(C(=O)c2nn(C)cc2-c2ncccn2)C1CC(=N)c1ccc(C(F)(F)F)cn1. The predicted molar refractivity (Wildman–Crippen MR) is 121 cm³/mol. The van der Waals surface area contributed by atoms with Crippen LogP contribution in [-0.4, -0.2) is 53.3 Å². The smallest absolute Gasteiger partial charge is 0.331 e. The lowest BCUT2D eigenvalue weighted by Crippen LogP contribution is -2.63. The summed E-state index contributed by atoms with van der Waals surface area (Å²) in [6.07, 6.45) is 3.14. The van der Waals surface area contributed by atoms with E-state index in [-0.39, 0.29) is 47.4 Å². The summed E-state index contributed by atoms with van der Waals surface area (Å²) in [6, 6.07) is 3.59. The zero-order chi connectivity index (χ0) is 24.9. The Hall–Kier alpha value is -3.63. The first-order valence-corrected chi connectivity index (χ1v) is 11.4. The lowest BCUT2D eigenvalue weighted by molar-refractivity contribution is -0.137. The van der Waals surface area contributed by atoms with Crippen molar-refractivity contribution in [2.24, 2.45) is 18.9 Å². The van der Waals surface area contributed by atoms with Crippen LogP contribution in [0.25, 0.3) is 11.4 Å². The summed E-state index contributed by atoms with van der Waals surface area (Å²) in [5.74, 6) is 0.724. The van der Waals surface area contributed by atoms with Gasteiger partial charge in [0.05, 0.1) is 22.5 Å². The van der Waals surface area contributed by atoms with Crippen LogP contribution in [0.2, 0.25) is 0 Å². The Morgan fingerprint density at radius 2 is 1.89 bits per heavy atom. The lowest BCUT2D eigenvalue weighted by atomic mass is 9.63. The zero-order valence-electron chi connectivity index (χ0n) is 19.2. The van der Waals surface area contributed by atoms with E-state index in [9.17, 15) is 18.0 Å². The molecule has 1 saturated carbocycles. The highest BCUT2D eigenvalue weighted by Crippen LogP contribution is 2.48. The van der Waals surface area contributed by atoms with Crippen molar-refractivity contribution in [1.82, 2.24) is 29.6 Å². The Morgan fingerprint density at radius 1 is 1.17 bits per heavy atom. The number of aromatic nitrogens is 5. The maximum absolute atomic E-state index is 13.9. The molecule has 5 heterocycles. The van der Waals surface area contributed by atoms with Crippen LogP contribution in [0.4, 0.5) is 13.2 Å². The van der Waals surface area contributed by atoms with Crippen LogP contribution >= 0.6 is 0 Å². The Bertz CT molecular complexity index is 1250. The summed E-state index contributed by atoms with van der Waals surface area (Å²) < 4.78 is 40.2. The van der Waals surface area contributed by atoms with Gasteiger partial charge in [-0.1, -0.05) is 6.92 Å². The number of hydrogen-bond donors (Lipinski definition) is 1. The molecule has 8 nitrogen and oxygen atoms in total. The van der Waals surface area contributed by atoms with Gasteiger partial charge in [0.25, 0.3) is 5.91 Å². The van der Waals surface area contributed by atoms with E-state index in [1.165, 1.54) is 6.07 Å². The van der Waals surface area contributed by atoms with E-state index in [4.69, 9.17) is 5.41 Å². The molecule has 0 aromatic carbocycles. The first kappa shape index (κ1) is 23.1. The van der Waals surface area contributed by atoms with Gasteiger partial charge in [-0.15, -0.1) is 0 Å². The van der Waals surface area contributed by atoms with Crippen molar-refractivity contribution in [2.45, 2.75) is 44.4 Å². The fourth-order valence-corrected chi connectivity index (χ4v) is 5.15. The second-order valence-corrected chi connectivity index (χ2v) is 9.27. The molecule has 1 unspecified atom stereocenters. The molecule has 182 valence electrons. The summed E-state index contributed by atoms with van der Waals surface area (Å²) in [7, 11) is 1.73. The maximum atomic E-state index is 13.9. The minimum absolute atomic E-state index is 0.0358. The molecule has 6 rings (SSSR count). The highest BCUT2D eigenvalue weighted by atomic mass is 19.4. The van der Waals surface area contributed by atoms with Crippen LogP contribution in [0.1, 0.15) is 47.9 Å². The molecular formula is C24H24F3N7O. The van der Waals surface area contributed by atoms with Gasteiger partial charge in [0.1, 0.15) is 0 Å². The van der Waals surface area contributed by atoms with Crippen LogP contribution < -0.4 is 0 Å². The van der Waals surface area contributed by atoms with Gasteiger partial charge in [-0.3, -0.25) is 14.5 Å². The van der Waals surface area contributed by atoms with E-state index >= 15 is 0 Å². The predicted octanol–water partition coefficient (Wildman–Crippen LogP) is 3.99. The molecule has 2 atom stereocenters. The number of pyridine rings is 1. The highest BCUT2D eigenvalue weighted by molar-refractivity contribution is 6.00. The summed E-state index contributed by atoms with van der Waals surface area (Å²) >= 11 is 0. The summed E-state index contributed by atoms with van der Waals surface area (Å²) in [5.41, 5.74) is 0.199. The number of piperidine rings is 2. The molecule has 3 aromatic heterocycles. The number of alkyl halides is 3. The highest BCUT2D eigenvalue weighted by Gasteiger charge is 2.51. The van der Waals surface area contributed by atoms with Crippen LogP contribution in [0.15, 0.2) is 43.0 Å². The number of fused-ring (bicyclic) bond motifs is 2. The van der Waals surface area contributed by atoms with Gasteiger partial charge in [-0.25, -0.2) is 9.97 Å². The Kier molecular flexibility index (Phi) is 5.65. The maximum Gasteiger partial charge on any atom is 0.417 e. The third-order valence-electron chi connectivity index (χ3n) is 7.14. The molecule has 1 aliphatic carbocycles. The first-order valence-electron chi connectivity index (χ1n) is 11.4. The van der Waals surface area contributed by atoms with Crippen molar-refractivity contribution in [1.29, 1.82) is 5.41 Å². The number of nitrogens with zero attached hydrogens (tertiary/aromatic N) is 6. The molecule has 3 aromatic rings. The monoisotopic (exact) mass is 483 g/mol. The number of hydrogen-bond acceptors (Lipinski definition) is 6. The largest absolute Gasteiger partial charge is 0.417 e. The van der Waals surface area contributed by atoms with Crippen molar-refractivity contribution in [3.8, 4) is 11.4 Å². The Labute approximate surface area is 199 Å². The number of carbonyl (C=O) groups excluding carboxylic acids is 1. The van der Waals surface area contributed by atoms with E-state index in [1.54, 1.807) is 36.4 Å². The fourth-order valence-electron chi connectivity index (χ4n) is 5.15. The van der Waals surface area contributed by atoms with Crippen molar-refractivity contribution < 1.29 is 18.0 Å². The summed E-state index contributed by atoms with van der Waals surface area (Å²) in [5, 5.41) is 13.0. The van der Waals surface area contributed by atoms with Crippen molar-refractivity contribution in [3.63, 3.8) is 0 Å². The zero-order valence-corrected chi connectivity index (χ0v) is 19.2. The number of halogens is 3. The van der Waals surface area contributed by atoms with Gasteiger partial charge in [0.2, 0.25) is 0 Å². The normalized spacial score (nSPS) is 23.6. The van der Waals surface area contributed by atoms with E-state index in [0.29, 0.717) is 17.3 Å². The summed E-state index contributed by atoms with van der Waals surface area (Å²) in [4.78, 5) is 28.1. The third-order valence-corrected chi connectivity index (χ3v) is 7.14. The number of aryl methyl sites for hydroxylation is 1. The van der Waals surface area contributed by atoms with E-state index in [0.717, 1.165) is 25.1 Å². The molecule has 3 fully saturated rings. The molecule has 1 amide bonds. The Balaban J connectivity index is 1.43. The van der Waals surface area contributed by atoms with E-state index < -0.39 is 11.7 Å². The second kappa shape index (κ2) is 8.54. The lowest BCUT2D eigenvalue weighted by Gasteiger charge is -2.57. The molecule has 0 radical (unpaired) electrons. The van der Waals surface area contributed by atoms with Crippen molar-refractivity contribution in [3.05, 3.63) is 59.9 Å². The summed E-state index contributed by atoms with van der Waals surface area (Å²) in [6.45, 7) is 2.07. The third kappa shape index (κ3) is 4.19. The Morgan fingerprint density at radius 3 is 2.51 bits per heavy atom. The van der Waals surface area contributed by atoms with Gasteiger partial charge < -0.3 is 10.3 Å². The van der Waals surface area contributed by atoms with Gasteiger partial charge in [0.15, 0.2) is 11.5 Å². The van der Waals surface area contributed by atoms with E-state index in [2.05, 4.69) is 27.0 Å². The number of carbonyl (C=O) groups is 1. The second-order valence-electron chi connectivity index (χ2n) is 9.27. The van der Waals surface area contributed by atoms with Gasteiger partial charge >= 0.3 is 6.18 Å². The standard InChI is InChI=1S/C24H24F3N7O/c1-13-14-8-16(9-14)34(20(13)10-18(28)19-5-4-15(11-31-19)24(25,26)27)23(35)21-17(12-33(2)32-21)22-29-6-3-7-30-22/h3-7,11-14,16,20,28H,8-10H2,1-2H3/t13-,14?,16?,20?/m1/s1. The van der Waals surface area contributed by atoms with Crippen LogP contribution in [-0.2, 0) is 13.2 Å². The average Bonchev–Trinajstić information content (AvgIpc) is 3.20. The van der Waals surface area contributed by atoms with Crippen molar-refractivity contribution in [2.75, 3.05) is 0 Å². The van der Waals surface area contributed by atoms with E-state index in [1.807, 2.05) is 4.90 Å². The first-order chi connectivity index (χ1) is 16.6. The minimum atomic E-state index is -4.49. The molecule has 3 aliphatic rings. The van der Waals surface area contributed by atoms with Gasteiger partial charge in [-0.05, 0) is 42.9 Å². The molecule has 2 saturated heterocycles. The van der Waals surface area contributed by atoms with Gasteiger partial charge in [-0.2, -0.15) is 18.3 Å². The fraction of sp³-hybridized carbons (Fsp3) is 0.417. The quantitative estimate of drug-likeness (QED) is 0.553. The molecule has 2 aliphatic heterocycles. The molecule has 1 N–H and O–H groups in total. The number of nitrogens with one attached hydrogen (secondary N) is 1. The minimum Gasteiger partial charge on any atom is -0.331 e. The van der Waals surface area contributed by atoms with Crippen LogP contribution in [0.3, 0.4) is 0 Å². The molecule has 2 bridgehead atoms. The molecule has 0 spiro atoms. The van der Waals surface area contributed by atoms with Gasteiger partial charge in [0, 0.05) is 50.3 Å². The molecular weight excluding hydrogens is 459 g/mol. The number of rotatable bonds is 5. The van der Waals surface area contributed by atoms with Crippen LogP contribution in [0, 0.1) is 17.2 Å². The molecule has 11 heteroatoms. The molecule has 35 heavy (non-hydrogen) atoms. The van der Waals surface area contributed by atoms with Crippen LogP contribution in [0.5, 0.6) is 0 Å². The topological polar surface area (TPSA) is 101 Å². The average molecular weight is 483 g/mol. The van der Waals surface area contributed by atoms with Crippen molar-refractivity contribution >= 4 is 11.6 Å². The number of amides is 1.